The second-order valence-corrected chi connectivity index (χ2v) is 6.64. The Balaban J connectivity index is 1.54. The van der Waals surface area contributed by atoms with Crippen LogP contribution in [0.4, 0.5) is 5.13 Å². The standard InChI is InChI=1S/C14H25N5S/c1-2-3-12(10-15)18-6-8-19(9-7-18)14-16-13(17-20-14)11-4-5-11/h11-12H,2-10,15H2,1H3. The minimum atomic E-state index is 0.554. The maximum atomic E-state index is 5.90. The van der Waals surface area contributed by atoms with E-state index in [0.717, 1.165) is 43.7 Å². The molecule has 6 heteroatoms. The van der Waals surface area contributed by atoms with E-state index < -0.39 is 0 Å². The summed E-state index contributed by atoms with van der Waals surface area (Å²) in [6.45, 7) is 7.32. The summed E-state index contributed by atoms with van der Waals surface area (Å²) in [6, 6.07) is 0.554. The van der Waals surface area contributed by atoms with E-state index >= 15 is 0 Å². The van der Waals surface area contributed by atoms with Gasteiger partial charge in [-0.2, -0.15) is 4.37 Å². The normalized spacial score (nSPS) is 22.2. The maximum Gasteiger partial charge on any atom is 0.205 e. The summed E-state index contributed by atoms with van der Waals surface area (Å²) in [5, 5.41) is 1.12. The summed E-state index contributed by atoms with van der Waals surface area (Å²) in [6.07, 6.45) is 4.97. The lowest BCUT2D eigenvalue weighted by Gasteiger charge is -2.38. The van der Waals surface area contributed by atoms with Crippen molar-refractivity contribution in [2.24, 2.45) is 5.73 Å². The molecule has 1 unspecified atom stereocenters. The van der Waals surface area contributed by atoms with Gasteiger partial charge in [-0.15, -0.1) is 0 Å². The Kier molecular flexibility index (Phi) is 4.53. The first-order chi connectivity index (χ1) is 9.81. The number of nitrogens with two attached hydrogens (primary N) is 1. The van der Waals surface area contributed by atoms with Crippen LogP contribution in [0.15, 0.2) is 0 Å². The fraction of sp³-hybridized carbons (Fsp3) is 0.857. The third-order valence-electron chi connectivity index (χ3n) is 4.37. The molecule has 0 amide bonds. The number of piperazine rings is 1. The van der Waals surface area contributed by atoms with E-state index in [-0.39, 0.29) is 0 Å². The second kappa shape index (κ2) is 6.37. The van der Waals surface area contributed by atoms with Gasteiger partial charge in [-0.25, -0.2) is 4.98 Å². The van der Waals surface area contributed by atoms with E-state index in [1.807, 2.05) is 0 Å². The molecule has 1 aliphatic carbocycles. The zero-order valence-corrected chi connectivity index (χ0v) is 13.1. The Morgan fingerprint density at radius 3 is 2.65 bits per heavy atom. The lowest BCUT2D eigenvalue weighted by atomic mass is 10.1. The zero-order valence-electron chi connectivity index (χ0n) is 12.3. The van der Waals surface area contributed by atoms with Crippen LogP contribution in [-0.2, 0) is 0 Å². The number of aromatic nitrogens is 2. The molecule has 1 atom stereocenters. The highest BCUT2D eigenvalue weighted by Gasteiger charge is 2.29. The van der Waals surface area contributed by atoms with Crippen molar-refractivity contribution in [3.8, 4) is 0 Å². The highest BCUT2D eigenvalue weighted by molar-refractivity contribution is 7.09. The Morgan fingerprint density at radius 1 is 1.30 bits per heavy atom. The van der Waals surface area contributed by atoms with E-state index in [1.54, 1.807) is 11.5 Å². The fourth-order valence-electron chi connectivity index (χ4n) is 2.92. The van der Waals surface area contributed by atoms with Crippen LogP contribution in [0.25, 0.3) is 0 Å². The van der Waals surface area contributed by atoms with E-state index in [4.69, 9.17) is 10.7 Å². The van der Waals surface area contributed by atoms with Gasteiger partial charge >= 0.3 is 0 Å². The largest absolute Gasteiger partial charge is 0.344 e. The van der Waals surface area contributed by atoms with Gasteiger partial charge in [0.05, 0.1) is 0 Å². The van der Waals surface area contributed by atoms with E-state index in [9.17, 15) is 0 Å². The second-order valence-electron chi connectivity index (χ2n) is 5.91. The molecule has 0 spiro atoms. The van der Waals surface area contributed by atoms with Gasteiger partial charge in [0.1, 0.15) is 5.82 Å². The fourth-order valence-corrected chi connectivity index (χ4v) is 3.72. The van der Waals surface area contributed by atoms with Crippen molar-refractivity contribution < 1.29 is 0 Å². The van der Waals surface area contributed by atoms with Crippen molar-refractivity contribution in [3.63, 3.8) is 0 Å². The first-order valence-electron chi connectivity index (χ1n) is 7.84. The first-order valence-corrected chi connectivity index (χ1v) is 8.61. The average molecular weight is 295 g/mol. The summed E-state index contributed by atoms with van der Waals surface area (Å²) < 4.78 is 4.51. The molecule has 0 bridgehead atoms. The van der Waals surface area contributed by atoms with Crippen molar-refractivity contribution in [1.29, 1.82) is 0 Å². The lowest BCUT2D eigenvalue weighted by molar-refractivity contribution is 0.179. The summed E-state index contributed by atoms with van der Waals surface area (Å²) >= 11 is 1.57. The number of nitrogens with zero attached hydrogens (tertiary/aromatic N) is 4. The molecule has 20 heavy (non-hydrogen) atoms. The Morgan fingerprint density at radius 2 is 2.05 bits per heavy atom. The molecular formula is C14H25N5S. The van der Waals surface area contributed by atoms with Crippen molar-refractivity contribution in [3.05, 3.63) is 5.82 Å². The monoisotopic (exact) mass is 295 g/mol. The molecule has 2 aliphatic rings. The van der Waals surface area contributed by atoms with Crippen LogP contribution in [0.2, 0.25) is 0 Å². The quantitative estimate of drug-likeness (QED) is 0.865. The molecule has 1 saturated heterocycles. The zero-order chi connectivity index (χ0) is 13.9. The number of hydrogen-bond acceptors (Lipinski definition) is 6. The smallest absolute Gasteiger partial charge is 0.205 e. The minimum Gasteiger partial charge on any atom is -0.344 e. The third kappa shape index (κ3) is 3.13. The third-order valence-corrected chi connectivity index (χ3v) is 5.16. The van der Waals surface area contributed by atoms with Crippen LogP contribution in [0, 0.1) is 0 Å². The van der Waals surface area contributed by atoms with Gasteiger partial charge in [0.15, 0.2) is 0 Å². The van der Waals surface area contributed by atoms with E-state index in [1.165, 1.54) is 25.7 Å². The Labute approximate surface area is 125 Å². The topological polar surface area (TPSA) is 58.3 Å². The number of hydrogen-bond donors (Lipinski definition) is 1. The minimum absolute atomic E-state index is 0.554. The Bertz CT molecular complexity index is 423. The van der Waals surface area contributed by atoms with Gasteiger partial charge < -0.3 is 10.6 Å². The van der Waals surface area contributed by atoms with Crippen LogP contribution in [0.5, 0.6) is 0 Å². The molecule has 3 rings (SSSR count). The van der Waals surface area contributed by atoms with E-state index in [2.05, 4.69) is 21.1 Å². The molecule has 2 N–H and O–H groups in total. The van der Waals surface area contributed by atoms with Crippen molar-refractivity contribution in [2.45, 2.75) is 44.6 Å². The summed E-state index contributed by atoms with van der Waals surface area (Å²) in [5.74, 6) is 1.74. The predicted octanol–water partition coefficient (Wildman–Crippen LogP) is 1.66. The molecule has 1 aromatic rings. The summed E-state index contributed by atoms with van der Waals surface area (Å²) in [5.41, 5.74) is 5.90. The van der Waals surface area contributed by atoms with Crippen LogP contribution in [0.1, 0.15) is 44.3 Å². The van der Waals surface area contributed by atoms with Gasteiger partial charge in [0.25, 0.3) is 0 Å². The van der Waals surface area contributed by atoms with Gasteiger partial charge in [0, 0.05) is 56.2 Å². The van der Waals surface area contributed by atoms with Crippen molar-refractivity contribution in [2.75, 3.05) is 37.6 Å². The van der Waals surface area contributed by atoms with E-state index in [0.29, 0.717) is 12.0 Å². The molecule has 5 nitrogen and oxygen atoms in total. The highest BCUT2D eigenvalue weighted by Crippen LogP contribution is 2.39. The van der Waals surface area contributed by atoms with Crippen LogP contribution in [-0.4, -0.2) is 53.0 Å². The lowest BCUT2D eigenvalue weighted by Crippen LogP contribution is -2.52. The van der Waals surface area contributed by atoms with Gasteiger partial charge in [-0.05, 0) is 19.3 Å². The van der Waals surface area contributed by atoms with Crippen molar-refractivity contribution >= 4 is 16.7 Å². The van der Waals surface area contributed by atoms with Gasteiger partial charge in [-0.3, -0.25) is 4.90 Å². The maximum absolute atomic E-state index is 5.90. The molecule has 0 aromatic carbocycles. The molecule has 1 saturated carbocycles. The highest BCUT2D eigenvalue weighted by atomic mass is 32.1. The van der Waals surface area contributed by atoms with Crippen LogP contribution >= 0.6 is 11.5 Å². The molecule has 2 fully saturated rings. The Hall–Kier alpha value is -0.720. The van der Waals surface area contributed by atoms with Crippen LogP contribution in [0.3, 0.4) is 0 Å². The first kappa shape index (κ1) is 14.2. The summed E-state index contributed by atoms with van der Waals surface area (Å²) in [7, 11) is 0. The van der Waals surface area contributed by atoms with Crippen molar-refractivity contribution in [1.82, 2.24) is 14.3 Å². The SMILES string of the molecule is CCCC(CN)N1CCN(c2nc(C3CC3)ns2)CC1. The van der Waals surface area contributed by atoms with Crippen LogP contribution < -0.4 is 10.6 Å². The number of anilines is 1. The molecule has 2 heterocycles. The molecule has 1 aromatic heterocycles. The number of rotatable bonds is 6. The average Bonchev–Trinajstić information content (AvgIpc) is 3.23. The molecular weight excluding hydrogens is 270 g/mol. The molecule has 0 radical (unpaired) electrons. The van der Waals surface area contributed by atoms with Gasteiger partial charge in [-0.1, -0.05) is 13.3 Å². The summed E-state index contributed by atoms with van der Waals surface area (Å²) in [4.78, 5) is 9.65. The predicted molar refractivity (Wildman–Crippen MR) is 83.4 cm³/mol. The molecule has 1 aliphatic heterocycles. The molecule has 112 valence electrons. The van der Waals surface area contributed by atoms with Gasteiger partial charge in [0.2, 0.25) is 5.13 Å².